The van der Waals surface area contributed by atoms with E-state index in [2.05, 4.69) is 15.5 Å². The lowest BCUT2D eigenvalue weighted by Crippen LogP contribution is -2.51. The second-order valence-corrected chi connectivity index (χ2v) is 5.86. The Labute approximate surface area is 112 Å². The molecule has 1 aromatic heterocycles. The van der Waals surface area contributed by atoms with Crippen molar-refractivity contribution in [3.05, 3.63) is 17.5 Å². The van der Waals surface area contributed by atoms with Crippen molar-refractivity contribution in [2.45, 2.75) is 52.0 Å². The van der Waals surface area contributed by atoms with Crippen LogP contribution in [-0.2, 0) is 10.2 Å². The smallest absolute Gasteiger partial charge is 0.329 e. The Balaban J connectivity index is 2.90. The van der Waals surface area contributed by atoms with Crippen LogP contribution in [0, 0.1) is 0 Å². The number of aliphatic carboxylic acids is 1. The Morgan fingerprint density at radius 3 is 2.32 bits per heavy atom. The van der Waals surface area contributed by atoms with E-state index in [-0.39, 0.29) is 11.1 Å². The largest absolute Gasteiger partial charge is 0.480 e. The minimum absolute atomic E-state index is 0.146. The van der Waals surface area contributed by atoms with Crippen molar-refractivity contribution < 1.29 is 14.7 Å². The highest BCUT2D eigenvalue weighted by atomic mass is 16.4. The van der Waals surface area contributed by atoms with Gasteiger partial charge in [-0.2, -0.15) is 5.10 Å². The fraction of sp³-hybridized carbons (Fsp3) is 0.615. The van der Waals surface area contributed by atoms with Crippen LogP contribution in [0.15, 0.2) is 6.07 Å². The van der Waals surface area contributed by atoms with Gasteiger partial charge in [-0.15, -0.1) is 0 Å². The van der Waals surface area contributed by atoms with Gasteiger partial charge in [0.15, 0.2) is 0 Å². The molecular formula is C13H21N3O3. The molecule has 106 valence electrons. The predicted molar refractivity (Wildman–Crippen MR) is 71.1 cm³/mol. The Hall–Kier alpha value is -1.85. The lowest BCUT2D eigenvalue weighted by atomic mass is 9.92. The van der Waals surface area contributed by atoms with Crippen LogP contribution in [0.4, 0.5) is 0 Å². The normalized spacial score (nSPS) is 14.8. The molecule has 6 heteroatoms. The van der Waals surface area contributed by atoms with E-state index in [0.717, 1.165) is 5.69 Å². The maximum absolute atomic E-state index is 12.0. The molecular weight excluding hydrogens is 246 g/mol. The first-order chi connectivity index (χ1) is 8.60. The Kier molecular flexibility index (Phi) is 4.03. The van der Waals surface area contributed by atoms with Gasteiger partial charge in [0.2, 0.25) is 0 Å². The molecule has 0 radical (unpaired) electrons. The number of carboxylic acid groups (broad SMARTS) is 1. The third-order valence-electron chi connectivity index (χ3n) is 3.19. The van der Waals surface area contributed by atoms with Crippen molar-refractivity contribution in [3.63, 3.8) is 0 Å². The quantitative estimate of drug-likeness (QED) is 0.773. The number of nitrogens with one attached hydrogen (secondary N) is 2. The van der Waals surface area contributed by atoms with E-state index in [9.17, 15) is 9.59 Å². The first kappa shape index (κ1) is 15.2. The van der Waals surface area contributed by atoms with Gasteiger partial charge in [0.1, 0.15) is 11.2 Å². The van der Waals surface area contributed by atoms with Gasteiger partial charge in [-0.25, -0.2) is 4.79 Å². The minimum atomic E-state index is -1.28. The molecule has 1 atom stereocenters. The molecule has 0 aliphatic heterocycles. The van der Waals surface area contributed by atoms with Crippen molar-refractivity contribution in [1.29, 1.82) is 0 Å². The molecule has 1 unspecified atom stereocenters. The average Bonchev–Trinajstić information content (AvgIpc) is 2.77. The first-order valence-corrected chi connectivity index (χ1v) is 6.22. The van der Waals surface area contributed by atoms with E-state index in [1.807, 2.05) is 20.8 Å². The van der Waals surface area contributed by atoms with Gasteiger partial charge >= 0.3 is 5.97 Å². The molecule has 0 bridgehead atoms. The lowest BCUT2D eigenvalue weighted by molar-refractivity contribution is -0.143. The minimum Gasteiger partial charge on any atom is -0.480 e. The monoisotopic (exact) mass is 267 g/mol. The summed E-state index contributed by atoms with van der Waals surface area (Å²) in [4.78, 5) is 23.1. The van der Waals surface area contributed by atoms with Gasteiger partial charge in [0, 0.05) is 11.1 Å². The predicted octanol–water partition coefficient (Wildman–Crippen LogP) is 1.69. The zero-order valence-corrected chi connectivity index (χ0v) is 12.0. The van der Waals surface area contributed by atoms with E-state index in [4.69, 9.17) is 5.11 Å². The molecule has 0 aliphatic rings. The van der Waals surface area contributed by atoms with Crippen molar-refractivity contribution in [1.82, 2.24) is 15.5 Å². The number of aromatic nitrogens is 2. The number of amides is 1. The fourth-order valence-corrected chi connectivity index (χ4v) is 1.43. The van der Waals surface area contributed by atoms with Gasteiger partial charge in [-0.1, -0.05) is 27.7 Å². The van der Waals surface area contributed by atoms with Crippen molar-refractivity contribution >= 4 is 11.9 Å². The second kappa shape index (κ2) is 5.03. The number of carboxylic acids is 1. The van der Waals surface area contributed by atoms with Crippen LogP contribution in [-0.4, -0.2) is 32.7 Å². The maximum atomic E-state index is 12.0. The van der Waals surface area contributed by atoms with Crippen LogP contribution < -0.4 is 5.32 Å². The average molecular weight is 267 g/mol. The summed E-state index contributed by atoms with van der Waals surface area (Å²) in [5, 5.41) is 18.4. The highest BCUT2D eigenvalue weighted by molar-refractivity contribution is 5.96. The molecule has 1 rings (SSSR count). The van der Waals surface area contributed by atoms with E-state index in [1.54, 1.807) is 13.0 Å². The van der Waals surface area contributed by atoms with Gasteiger partial charge in [-0.05, 0) is 19.4 Å². The molecule has 6 nitrogen and oxygen atoms in total. The van der Waals surface area contributed by atoms with E-state index in [1.165, 1.54) is 6.92 Å². The molecule has 0 aliphatic carbocycles. The summed E-state index contributed by atoms with van der Waals surface area (Å²) < 4.78 is 0. The van der Waals surface area contributed by atoms with Crippen molar-refractivity contribution in [2.75, 3.05) is 0 Å². The topological polar surface area (TPSA) is 95.1 Å². The van der Waals surface area contributed by atoms with Crippen molar-refractivity contribution in [2.24, 2.45) is 0 Å². The molecule has 19 heavy (non-hydrogen) atoms. The van der Waals surface area contributed by atoms with Crippen LogP contribution >= 0.6 is 0 Å². The van der Waals surface area contributed by atoms with Gasteiger partial charge in [0.05, 0.1) is 0 Å². The van der Waals surface area contributed by atoms with Crippen LogP contribution in [0.2, 0.25) is 0 Å². The zero-order chi connectivity index (χ0) is 14.8. The molecule has 1 aromatic rings. The van der Waals surface area contributed by atoms with E-state index >= 15 is 0 Å². The van der Waals surface area contributed by atoms with Gasteiger partial charge < -0.3 is 10.4 Å². The number of nitrogens with zero attached hydrogens (tertiary/aromatic N) is 1. The zero-order valence-electron chi connectivity index (χ0n) is 12.0. The Morgan fingerprint density at radius 1 is 1.37 bits per heavy atom. The number of hydrogen-bond donors (Lipinski definition) is 3. The summed E-state index contributed by atoms with van der Waals surface area (Å²) in [6.07, 6.45) is 0.296. The highest BCUT2D eigenvalue weighted by Gasteiger charge is 2.33. The third kappa shape index (κ3) is 3.33. The number of aromatic amines is 1. The van der Waals surface area contributed by atoms with Crippen molar-refractivity contribution in [3.8, 4) is 0 Å². The number of carbonyl (C=O) groups is 2. The maximum Gasteiger partial charge on any atom is 0.329 e. The lowest BCUT2D eigenvalue weighted by Gasteiger charge is -2.23. The standard InChI is InChI=1S/C13H21N3O3/c1-6-13(5,11(18)19)14-10(17)8-7-9(16-15-8)12(2,3)4/h7H,6H2,1-5H3,(H,14,17)(H,15,16)(H,18,19). The summed E-state index contributed by atoms with van der Waals surface area (Å²) in [5.41, 5.74) is -0.401. The number of rotatable bonds is 4. The van der Waals surface area contributed by atoms with Gasteiger partial charge in [-0.3, -0.25) is 9.89 Å². The molecule has 0 saturated carbocycles. The van der Waals surface area contributed by atoms with E-state index < -0.39 is 17.4 Å². The second-order valence-electron chi connectivity index (χ2n) is 5.86. The van der Waals surface area contributed by atoms with E-state index in [0.29, 0.717) is 6.42 Å². The van der Waals surface area contributed by atoms with Crippen LogP contribution in [0.25, 0.3) is 0 Å². The van der Waals surface area contributed by atoms with Gasteiger partial charge in [0.25, 0.3) is 5.91 Å². The molecule has 0 saturated heterocycles. The molecule has 0 spiro atoms. The number of H-pyrrole nitrogens is 1. The van der Waals surface area contributed by atoms with Crippen LogP contribution in [0.3, 0.4) is 0 Å². The molecule has 0 fully saturated rings. The molecule has 1 heterocycles. The summed E-state index contributed by atoms with van der Waals surface area (Å²) in [7, 11) is 0. The SMILES string of the molecule is CCC(C)(NC(=O)c1cc(C(C)(C)C)[nH]n1)C(=O)O. The highest BCUT2D eigenvalue weighted by Crippen LogP contribution is 2.20. The molecule has 1 amide bonds. The molecule has 0 aromatic carbocycles. The number of carbonyl (C=O) groups excluding carboxylic acids is 1. The summed E-state index contributed by atoms with van der Waals surface area (Å²) >= 11 is 0. The summed E-state index contributed by atoms with van der Waals surface area (Å²) in [6.45, 7) is 9.17. The Morgan fingerprint density at radius 2 is 1.95 bits per heavy atom. The van der Waals surface area contributed by atoms with Crippen LogP contribution in [0.5, 0.6) is 0 Å². The summed E-state index contributed by atoms with van der Waals surface area (Å²) in [5.74, 6) is -1.55. The fourth-order valence-electron chi connectivity index (χ4n) is 1.43. The summed E-state index contributed by atoms with van der Waals surface area (Å²) in [6, 6.07) is 1.65. The first-order valence-electron chi connectivity index (χ1n) is 6.22. The third-order valence-corrected chi connectivity index (χ3v) is 3.19. The number of hydrogen-bond acceptors (Lipinski definition) is 3. The molecule has 3 N–H and O–H groups in total. The van der Waals surface area contributed by atoms with Crippen LogP contribution in [0.1, 0.15) is 57.2 Å². The Bertz CT molecular complexity index is 488.